The minimum absolute atomic E-state index is 0.299. The van der Waals surface area contributed by atoms with Crippen LogP contribution in [0.4, 0.5) is 5.69 Å². The topological polar surface area (TPSA) is 89.9 Å². The Morgan fingerprint density at radius 1 is 1.19 bits per heavy atom. The molecule has 1 atom stereocenters. The van der Waals surface area contributed by atoms with Gasteiger partial charge in [-0.3, -0.25) is 4.55 Å². The van der Waals surface area contributed by atoms with Crippen LogP contribution in [0.25, 0.3) is 0 Å². The van der Waals surface area contributed by atoms with E-state index in [-0.39, 0.29) is 0 Å². The summed E-state index contributed by atoms with van der Waals surface area (Å²) >= 11 is 5.96. The Hall–Kier alpha value is -1.64. The van der Waals surface area contributed by atoms with Crippen LogP contribution in [-0.2, 0) is 15.9 Å². The Balaban J connectivity index is 2.03. The van der Waals surface area contributed by atoms with Crippen molar-refractivity contribution < 1.29 is 18.1 Å². The second-order valence-corrected chi connectivity index (χ2v) is 7.87. The molecule has 2 rings (SSSR count). The number of halogens is 1. The zero-order chi connectivity index (χ0) is 19.2. The van der Waals surface area contributed by atoms with E-state index >= 15 is 0 Å². The van der Waals surface area contributed by atoms with Gasteiger partial charge in [0.2, 0.25) is 0 Å². The molecule has 0 aromatic heterocycles. The maximum atomic E-state index is 11.0. The molecule has 0 heterocycles. The Morgan fingerprint density at radius 2 is 1.88 bits per heavy atom. The van der Waals surface area contributed by atoms with Crippen LogP contribution in [-0.4, -0.2) is 31.2 Å². The third-order valence-electron chi connectivity index (χ3n) is 3.75. The number of hydrazine groups is 1. The smallest absolute Gasteiger partial charge is 0.269 e. The first kappa shape index (κ1) is 20.7. The molecular weight excluding hydrogens is 376 g/mol. The van der Waals surface area contributed by atoms with Crippen molar-refractivity contribution in [2.75, 3.05) is 18.1 Å². The maximum absolute atomic E-state index is 11.0. The van der Waals surface area contributed by atoms with Crippen LogP contribution in [0.1, 0.15) is 30.6 Å². The molecule has 0 unspecified atom stereocenters. The predicted octanol–water partition coefficient (Wildman–Crippen LogP) is 3.18. The van der Waals surface area contributed by atoms with Gasteiger partial charge >= 0.3 is 0 Å². The molecule has 0 bridgehead atoms. The highest BCUT2D eigenvalue weighted by atomic mass is 35.5. The minimum Gasteiger partial charge on any atom is -0.387 e. The molecule has 0 aliphatic heterocycles. The molecule has 0 fully saturated rings. The van der Waals surface area contributed by atoms with Crippen LogP contribution in [0.2, 0.25) is 5.02 Å². The first-order valence-corrected chi connectivity index (χ1v) is 10.3. The molecule has 142 valence electrons. The first-order valence-electron chi connectivity index (χ1n) is 8.27. The summed E-state index contributed by atoms with van der Waals surface area (Å²) in [4.78, 5) is 0. The zero-order valence-corrected chi connectivity index (χ0v) is 16.0. The van der Waals surface area contributed by atoms with Crippen LogP contribution in [0, 0.1) is 0 Å². The van der Waals surface area contributed by atoms with Gasteiger partial charge in [0.05, 0.1) is 11.8 Å². The Bertz CT molecular complexity index is 812. The third kappa shape index (κ3) is 6.59. The molecular formula is C18H23ClN2O4S. The van der Waals surface area contributed by atoms with Gasteiger partial charge in [0.15, 0.2) is 0 Å². The van der Waals surface area contributed by atoms with Gasteiger partial charge in [0.25, 0.3) is 10.1 Å². The second-order valence-electron chi connectivity index (χ2n) is 5.98. The molecule has 0 saturated carbocycles. The maximum Gasteiger partial charge on any atom is 0.269 e. The Morgan fingerprint density at radius 3 is 2.46 bits per heavy atom. The number of hydrogen-bond acceptors (Lipinski definition) is 5. The van der Waals surface area contributed by atoms with Gasteiger partial charge in [0.1, 0.15) is 5.75 Å². The van der Waals surface area contributed by atoms with Crippen molar-refractivity contribution in [1.29, 1.82) is 0 Å². The summed E-state index contributed by atoms with van der Waals surface area (Å²) in [6, 6.07) is 13.9. The molecule has 0 amide bonds. The minimum atomic E-state index is -4.05. The fraction of sp³-hybridized carbons (Fsp3) is 0.333. The summed E-state index contributed by atoms with van der Waals surface area (Å²) in [7, 11) is -4.05. The summed E-state index contributed by atoms with van der Waals surface area (Å²) in [5.41, 5.74) is 5.27. The van der Waals surface area contributed by atoms with Gasteiger partial charge in [0, 0.05) is 18.1 Å². The summed E-state index contributed by atoms with van der Waals surface area (Å²) < 4.78 is 30.8. The normalized spacial score (nSPS) is 12.8. The average molecular weight is 399 g/mol. The highest BCUT2D eigenvalue weighted by molar-refractivity contribution is 7.85. The molecule has 2 aromatic carbocycles. The van der Waals surface area contributed by atoms with Crippen molar-refractivity contribution >= 4 is 27.4 Å². The lowest BCUT2D eigenvalue weighted by Crippen LogP contribution is -2.41. The summed E-state index contributed by atoms with van der Waals surface area (Å²) in [5.74, 6) is -0.415. The van der Waals surface area contributed by atoms with E-state index in [1.54, 1.807) is 42.5 Å². The van der Waals surface area contributed by atoms with Crippen molar-refractivity contribution in [2.24, 2.45) is 0 Å². The number of nitrogens with one attached hydrogen (secondary N) is 1. The van der Waals surface area contributed by atoms with Gasteiger partial charge in [-0.1, -0.05) is 42.8 Å². The molecule has 0 aliphatic carbocycles. The van der Waals surface area contributed by atoms with Crippen LogP contribution < -0.4 is 10.4 Å². The van der Waals surface area contributed by atoms with Gasteiger partial charge < -0.3 is 10.1 Å². The van der Waals surface area contributed by atoms with Crippen LogP contribution >= 0.6 is 11.6 Å². The van der Waals surface area contributed by atoms with E-state index in [0.29, 0.717) is 23.7 Å². The molecule has 2 aromatic rings. The van der Waals surface area contributed by atoms with E-state index < -0.39 is 22.0 Å². The van der Waals surface area contributed by atoms with Gasteiger partial charge in [-0.15, -0.1) is 0 Å². The standard InChI is InChI=1S/C18H23ClN2O4S/c1-2-10-21(17-8-6-14(7-9-17)13-26(23,24)25)20-12-18(22)15-4-3-5-16(19)11-15/h3-9,11,18,20,22H,2,10,12-13H2,1H3,(H,23,24,25)/t18-/m0/s1. The number of aliphatic hydroxyl groups excluding tert-OH is 1. The van der Waals surface area contributed by atoms with Crippen LogP contribution in [0.3, 0.4) is 0 Å². The van der Waals surface area contributed by atoms with Crippen LogP contribution in [0.5, 0.6) is 0 Å². The number of rotatable bonds is 9. The number of aliphatic hydroxyl groups is 1. The van der Waals surface area contributed by atoms with E-state index in [0.717, 1.165) is 17.7 Å². The molecule has 0 radical (unpaired) electrons. The quantitative estimate of drug-likeness (QED) is 0.444. The lowest BCUT2D eigenvalue weighted by molar-refractivity contribution is 0.173. The fourth-order valence-electron chi connectivity index (χ4n) is 2.53. The summed E-state index contributed by atoms with van der Waals surface area (Å²) in [6.45, 7) is 3.04. The number of anilines is 1. The molecule has 26 heavy (non-hydrogen) atoms. The molecule has 0 aliphatic rings. The monoisotopic (exact) mass is 398 g/mol. The van der Waals surface area contributed by atoms with Gasteiger partial charge in [-0.25, -0.2) is 5.43 Å². The lowest BCUT2D eigenvalue weighted by Gasteiger charge is -2.27. The fourth-order valence-corrected chi connectivity index (χ4v) is 3.35. The number of benzene rings is 2. The van der Waals surface area contributed by atoms with Crippen molar-refractivity contribution in [3.63, 3.8) is 0 Å². The third-order valence-corrected chi connectivity index (χ3v) is 4.69. The van der Waals surface area contributed by atoms with E-state index in [2.05, 4.69) is 5.43 Å². The number of nitrogens with zero attached hydrogens (tertiary/aromatic N) is 1. The average Bonchev–Trinajstić information content (AvgIpc) is 2.58. The molecule has 0 saturated heterocycles. The molecule has 6 nitrogen and oxygen atoms in total. The largest absolute Gasteiger partial charge is 0.387 e. The highest BCUT2D eigenvalue weighted by Gasteiger charge is 2.12. The van der Waals surface area contributed by atoms with Crippen molar-refractivity contribution in [3.8, 4) is 0 Å². The zero-order valence-electron chi connectivity index (χ0n) is 14.5. The van der Waals surface area contributed by atoms with Gasteiger partial charge in [-0.2, -0.15) is 8.42 Å². The molecule has 3 N–H and O–H groups in total. The summed E-state index contributed by atoms with van der Waals surface area (Å²) in [5, 5.41) is 12.8. The Kier molecular flexibility index (Phi) is 7.43. The van der Waals surface area contributed by atoms with E-state index in [1.807, 2.05) is 18.0 Å². The predicted molar refractivity (Wildman–Crippen MR) is 104 cm³/mol. The SMILES string of the molecule is CCCN(NC[C@H](O)c1cccc(Cl)c1)c1ccc(CS(=O)(=O)O)cc1. The van der Waals surface area contributed by atoms with Gasteiger partial charge in [-0.05, 0) is 41.8 Å². The molecule has 0 spiro atoms. The van der Waals surface area contributed by atoms with Crippen molar-refractivity contribution in [3.05, 3.63) is 64.7 Å². The number of hydrogen-bond donors (Lipinski definition) is 3. The van der Waals surface area contributed by atoms with E-state index in [1.165, 1.54) is 0 Å². The Labute approximate surface area is 159 Å². The second kappa shape index (κ2) is 9.34. The van der Waals surface area contributed by atoms with E-state index in [4.69, 9.17) is 16.2 Å². The van der Waals surface area contributed by atoms with E-state index in [9.17, 15) is 13.5 Å². The summed E-state index contributed by atoms with van der Waals surface area (Å²) in [6.07, 6.45) is 0.166. The lowest BCUT2D eigenvalue weighted by atomic mass is 10.1. The first-order chi connectivity index (χ1) is 12.3. The molecule has 8 heteroatoms. The van der Waals surface area contributed by atoms with Crippen LogP contribution in [0.15, 0.2) is 48.5 Å². The van der Waals surface area contributed by atoms with Crippen molar-refractivity contribution in [1.82, 2.24) is 5.43 Å². The highest BCUT2D eigenvalue weighted by Crippen LogP contribution is 2.19. The van der Waals surface area contributed by atoms with Crippen molar-refractivity contribution in [2.45, 2.75) is 25.2 Å².